The standard InChI is InChI=1S/C11H16BrNOS/c1-2-14-6-3-7-15-11-5-4-9(12)8-10(11)13/h4-5,8H,2-3,6-7,13H2,1H3. The second-order valence-corrected chi connectivity index (χ2v) is 5.13. The van der Waals surface area contributed by atoms with Crippen LogP contribution < -0.4 is 5.73 Å². The van der Waals surface area contributed by atoms with E-state index in [9.17, 15) is 0 Å². The van der Waals surface area contributed by atoms with Crippen LogP contribution in [0.5, 0.6) is 0 Å². The molecule has 4 heteroatoms. The fraction of sp³-hybridized carbons (Fsp3) is 0.455. The molecule has 0 saturated carbocycles. The average molecular weight is 290 g/mol. The number of nitrogen functional groups attached to an aromatic ring is 1. The third-order valence-corrected chi connectivity index (χ3v) is 3.54. The Labute approximate surface area is 104 Å². The van der Waals surface area contributed by atoms with E-state index < -0.39 is 0 Å². The number of anilines is 1. The zero-order valence-corrected chi connectivity index (χ0v) is 11.2. The minimum atomic E-state index is 0.797. The highest BCUT2D eigenvalue weighted by Crippen LogP contribution is 2.28. The summed E-state index contributed by atoms with van der Waals surface area (Å²) >= 11 is 5.17. The molecule has 0 aliphatic carbocycles. The predicted molar refractivity (Wildman–Crippen MR) is 70.4 cm³/mol. The summed E-state index contributed by atoms with van der Waals surface area (Å²) in [5.74, 6) is 1.05. The van der Waals surface area contributed by atoms with Crippen molar-refractivity contribution in [1.29, 1.82) is 0 Å². The van der Waals surface area contributed by atoms with Crippen LogP contribution in [0, 0.1) is 0 Å². The molecule has 0 radical (unpaired) electrons. The molecule has 0 spiro atoms. The zero-order chi connectivity index (χ0) is 11.1. The molecule has 1 rings (SSSR count). The van der Waals surface area contributed by atoms with E-state index in [-0.39, 0.29) is 0 Å². The highest BCUT2D eigenvalue weighted by molar-refractivity contribution is 9.10. The quantitative estimate of drug-likeness (QED) is 0.494. The predicted octanol–water partition coefficient (Wildman–Crippen LogP) is 3.55. The number of hydrogen-bond acceptors (Lipinski definition) is 3. The Morgan fingerprint density at radius 2 is 2.27 bits per heavy atom. The van der Waals surface area contributed by atoms with Crippen molar-refractivity contribution in [3.05, 3.63) is 22.7 Å². The van der Waals surface area contributed by atoms with Gasteiger partial charge in [-0.2, -0.15) is 0 Å². The van der Waals surface area contributed by atoms with Crippen molar-refractivity contribution in [3.63, 3.8) is 0 Å². The Hall–Kier alpha value is -0.190. The largest absolute Gasteiger partial charge is 0.398 e. The number of rotatable bonds is 6. The molecule has 0 amide bonds. The molecule has 0 atom stereocenters. The summed E-state index contributed by atoms with van der Waals surface area (Å²) in [6, 6.07) is 6.00. The molecule has 0 aromatic heterocycles. The number of hydrogen-bond donors (Lipinski definition) is 1. The van der Waals surface area contributed by atoms with Crippen molar-refractivity contribution < 1.29 is 4.74 Å². The van der Waals surface area contributed by atoms with Crippen LogP contribution in [0.25, 0.3) is 0 Å². The molecular weight excluding hydrogens is 274 g/mol. The van der Waals surface area contributed by atoms with Crippen LogP contribution in [-0.4, -0.2) is 19.0 Å². The van der Waals surface area contributed by atoms with Gasteiger partial charge < -0.3 is 10.5 Å². The van der Waals surface area contributed by atoms with E-state index in [4.69, 9.17) is 10.5 Å². The van der Waals surface area contributed by atoms with Crippen LogP contribution in [0.2, 0.25) is 0 Å². The summed E-state index contributed by atoms with van der Waals surface area (Å²) in [7, 11) is 0. The van der Waals surface area contributed by atoms with Crippen molar-refractivity contribution in [1.82, 2.24) is 0 Å². The average Bonchev–Trinajstić information content (AvgIpc) is 2.20. The second kappa shape index (κ2) is 7.14. The summed E-state index contributed by atoms with van der Waals surface area (Å²) in [4.78, 5) is 1.15. The van der Waals surface area contributed by atoms with Gasteiger partial charge in [-0.15, -0.1) is 11.8 Å². The molecular formula is C11H16BrNOS. The first-order chi connectivity index (χ1) is 7.24. The van der Waals surface area contributed by atoms with Crippen molar-refractivity contribution >= 4 is 33.4 Å². The van der Waals surface area contributed by atoms with Gasteiger partial charge in [0.1, 0.15) is 0 Å². The van der Waals surface area contributed by atoms with E-state index in [0.29, 0.717) is 0 Å². The monoisotopic (exact) mass is 289 g/mol. The minimum absolute atomic E-state index is 0.797. The summed E-state index contributed by atoms with van der Waals surface area (Å²) in [5.41, 5.74) is 6.72. The minimum Gasteiger partial charge on any atom is -0.398 e. The molecule has 0 fully saturated rings. The second-order valence-electron chi connectivity index (χ2n) is 3.08. The smallest absolute Gasteiger partial charge is 0.0473 e. The first kappa shape index (κ1) is 12.9. The summed E-state index contributed by atoms with van der Waals surface area (Å²) in [5, 5.41) is 0. The molecule has 0 unspecified atom stereocenters. The molecule has 0 aliphatic rings. The fourth-order valence-corrected chi connectivity index (χ4v) is 2.39. The maximum absolute atomic E-state index is 5.88. The molecule has 1 aromatic rings. The fourth-order valence-electron chi connectivity index (χ4n) is 1.14. The number of ether oxygens (including phenoxy) is 1. The Morgan fingerprint density at radius 1 is 1.47 bits per heavy atom. The van der Waals surface area contributed by atoms with Crippen LogP contribution in [0.3, 0.4) is 0 Å². The number of benzene rings is 1. The van der Waals surface area contributed by atoms with Crippen LogP contribution in [0.15, 0.2) is 27.6 Å². The van der Waals surface area contributed by atoms with E-state index in [1.54, 1.807) is 11.8 Å². The van der Waals surface area contributed by atoms with E-state index in [1.165, 1.54) is 0 Å². The highest BCUT2D eigenvalue weighted by atomic mass is 79.9. The van der Waals surface area contributed by atoms with Gasteiger partial charge >= 0.3 is 0 Å². The first-order valence-corrected chi connectivity index (χ1v) is 6.77. The third-order valence-electron chi connectivity index (χ3n) is 1.87. The van der Waals surface area contributed by atoms with Crippen LogP contribution in [0.4, 0.5) is 5.69 Å². The lowest BCUT2D eigenvalue weighted by Gasteiger charge is -2.05. The van der Waals surface area contributed by atoms with Gasteiger partial charge in [-0.1, -0.05) is 15.9 Å². The van der Waals surface area contributed by atoms with Gasteiger partial charge in [-0.3, -0.25) is 0 Å². The highest BCUT2D eigenvalue weighted by Gasteiger charge is 2.00. The molecule has 0 saturated heterocycles. The number of thioether (sulfide) groups is 1. The maximum Gasteiger partial charge on any atom is 0.0473 e. The molecule has 1 aromatic carbocycles. The van der Waals surface area contributed by atoms with Gasteiger partial charge in [0.15, 0.2) is 0 Å². The summed E-state index contributed by atoms with van der Waals surface area (Å²) in [6.07, 6.45) is 1.06. The van der Waals surface area contributed by atoms with Gasteiger partial charge in [0.25, 0.3) is 0 Å². The third kappa shape index (κ3) is 4.91. The van der Waals surface area contributed by atoms with Crippen molar-refractivity contribution in [2.24, 2.45) is 0 Å². The van der Waals surface area contributed by atoms with Crippen molar-refractivity contribution in [2.45, 2.75) is 18.2 Å². The normalized spacial score (nSPS) is 10.5. The van der Waals surface area contributed by atoms with Gasteiger partial charge in [0.05, 0.1) is 0 Å². The van der Waals surface area contributed by atoms with Crippen molar-refractivity contribution in [2.75, 3.05) is 24.7 Å². The molecule has 2 nitrogen and oxygen atoms in total. The lowest BCUT2D eigenvalue weighted by Crippen LogP contribution is -1.95. The molecule has 0 heterocycles. The molecule has 0 aliphatic heterocycles. The maximum atomic E-state index is 5.88. The SMILES string of the molecule is CCOCCCSc1ccc(Br)cc1N. The van der Waals surface area contributed by atoms with Gasteiger partial charge in [-0.25, -0.2) is 0 Å². The Bertz CT molecular complexity index is 307. The lowest BCUT2D eigenvalue weighted by atomic mass is 10.3. The van der Waals surface area contributed by atoms with Crippen LogP contribution in [-0.2, 0) is 4.74 Å². The van der Waals surface area contributed by atoms with E-state index in [0.717, 1.165) is 40.4 Å². The molecule has 2 N–H and O–H groups in total. The van der Waals surface area contributed by atoms with Gasteiger partial charge in [0.2, 0.25) is 0 Å². The molecule has 84 valence electrons. The number of nitrogens with two attached hydrogens (primary N) is 1. The Morgan fingerprint density at radius 3 is 2.93 bits per heavy atom. The first-order valence-electron chi connectivity index (χ1n) is 4.99. The molecule has 0 bridgehead atoms. The zero-order valence-electron chi connectivity index (χ0n) is 8.83. The van der Waals surface area contributed by atoms with E-state index >= 15 is 0 Å². The Kier molecular flexibility index (Phi) is 6.13. The van der Waals surface area contributed by atoms with Gasteiger partial charge in [-0.05, 0) is 31.5 Å². The number of halogens is 1. The van der Waals surface area contributed by atoms with Crippen molar-refractivity contribution in [3.8, 4) is 0 Å². The van der Waals surface area contributed by atoms with Gasteiger partial charge in [0, 0.05) is 34.0 Å². The topological polar surface area (TPSA) is 35.2 Å². The van der Waals surface area contributed by atoms with E-state index in [1.807, 2.05) is 25.1 Å². The summed E-state index contributed by atoms with van der Waals surface area (Å²) < 4.78 is 6.30. The van der Waals surface area contributed by atoms with E-state index in [2.05, 4.69) is 15.9 Å². The van der Waals surface area contributed by atoms with Crippen LogP contribution in [0.1, 0.15) is 13.3 Å². The van der Waals surface area contributed by atoms with Crippen LogP contribution >= 0.6 is 27.7 Å². The summed E-state index contributed by atoms with van der Waals surface area (Å²) in [6.45, 7) is 3.64. The molecule has 15 heavy (non-hydrogen) atoms. The Balaban J connectivity index is 2.31. The lowest BCUT2D eigenvalue weighted by molar-refractivity contribution is 0.149.